The van der Waals surface area contributed by atoms with Crippen molar-refractivity contribution in [3.8, 4) is 5.75 Å². The van der Waals surface area contributed by atoms with E-state index in [1.807, 2.05) is 18.2 Å². The highest BCUT2D eigenvalue weighted by molar-refractivity contribution is 7.92. The van der Waals surface area contributed by atoms with E-state index in [1.165, 1.54) is 0 Å². The number of benzene rings is 2. The maximum Gasteiger partial charge on any atom is 0.323 e. The highest BCUT2D eigenvalue weighted by Crippen LogP contribution is 2.40. The number of imidazole rings is 1. The van der Waals surface area contributed by atoms with Crippen molar-refractivity contribution in [3.05, 3.63) is 58.0 Å². The number of hydrogen-bond donors (Lipinski definition) is 3. The standard InChI is InChI=1S/C23H26N4O5S/c1-33(30,31)26-16-3-5-21-17(13-16)20(28)14-23(32-21)7-10-27(11-8-23)9-6-15-2-4-18-19(12-15)25-22(29)24-18/h2-5,12-13,26H,6-11,14H2,1H3,(H2,24,25,29). The van der Waals surface area contributed by atoms with Crippen LogP contribution in [-0.2, 0) is 16.4 Å². The van der Waals surface area contributed by atoms with Gasteiger partial charge in [-0.25, -0.2) is 13.2 Å². The molecule has 0 radical (unpaired) electrons. The molecule has 9 nitrogen and oxygen atoms in total. The number of ketones is 1. The Bertz CT molecular complexity index is 1380. The van der Waals surface area contributed by atoms with E-state index in [9.17, 15) is 18.0 Å². The lowest BCUT2D eigenvalue weighted by molar-refractivity contribution is -0.00864. The van der Waals surface area contributed by atoms with Crippen LogP contribution in [0.2, 0.25) is 0 Å². The summed E-state index contributed by atoms with van der Waals surface area (Å²) in [7, 11) is -3.41. The number of piperidine rings is 1. The molecule has 3 aromatic rings. The van der Waals surface area contributed by atoms with E-state index < -0.39 is 15.6 Å². The number of anilines is 1. The number of H-pyrrole nitrogens is 2. The highest BCUT2D eigenvalue weighted by atomic mass is 32.2. The lowest BCUT2D eigenvalue weighted by Crippen LogP contribution is -2.51. The Hall–Kier alpha value is -3.11. The number of carbonyl (C=O) groups is 1. The quantitative estimate of drug-likeness (QED) is 0.526. The molecule has 1 saturated heterocycles. The summed E-state index contributed by atoms with van der Waals surface area (Å²) in [5.74, 6) is 0.503. The zero-order chi connectivity index (χ0) is 23.2. The predicted molar refractivity (Wildman–Crippen MR) is 126 cm³/mol. The molecule has 0 saturated carbocycles. The summed E-state index contributed by atoms with van der Waals surface area (Å²) in [6.45, 7) is 2.56. The van der Waals surface area contributed by atoms with Gasteiger partial charge in [-0.3, -0.25) is 9.52 Å². The highest BCUT2D eigenvalue weighted by Gasteiger charge is 2.42. The molecule has 2 aliphatic heterocycles. The Morgan fingerprint density at radius 2 is 1.82 bits per heavy atom. The van der Waals surface area contributed by atoms with Crippen LogP contribution < -0.4 is 15.1 Å². The summed E-state index contributed by atoms with van der Waals surface area (Å²) in [6, 6.07) is 10.8. The fourth-order valence-electron chi connectivity index (χ4n) is 4.76. The van der Waals surface area contributed by atoms with Gasteiger partial charge in [0.2, 0.25) is 10.0 Å². The summed E-state index contributed by atoms with van der Waals surface area (Å²) >= 11 is 0. The molecule has 1 fully saturated rings. The lowest BCUT2D eigenvalue weighted by atomic mass is 9.82. The topological polar surface area (TPSA) is 124 Å². The molecule has 1 spiro atoms. The molecule has 0 aliphatic carbocycles. The van der Waals surface area contributed by atoms with E-state index in [-0.39, 0.29) is 11.5 Å². The molecule has 2 aromatic carbocycles. The van der Waals surface area contributed by atoms with Gasteiger partial charge in [0.1, 0.15) is 11.4 Å². The Morgan fingerprint density at radius 1 is 1.06 bits per heavy atom. The molecule has 10 heteroatoms. The first-order valence-corrected chi connectivity index (χ1v) is 12.8. The molecule has 0 unspecified atom stereocenters. The van der Waals surface area contributed by atoms with Gasteiger partial charge >= 0.3 is 5.69 Å². The first kappa shape index (κ1) is 21.7. The van der Waals surface area contributed by atoms with Crippen molar-refractivity contribution in [1.29, 1.82) is 0 Å². The molecular weight excluding hydrogens is 444 g/mol. The molecule has 0 atom stereocenters. The third-order valence-corrected chi connectivity index (χ3v) is 7.06. The molecule has 0 bridgehead atoms. The van der Waals surface area contributed by atoms with Crippen LogP contribution >= 0.6 is 0 Å². The van der Waals surface area contributed by atoms with Crippen molar-refractivity contribution in [2.24, 2.45) is 0 Å². The van der Waals surface area contributed by atoms with Crippen LogP contribution in [0.4, 0.5) is 5.69 Å². The monoisotopic (exact) mass is 470 g/mol. The second-order valence-electron chi connectivity index (χ2n) is 9.02. The molecule has 3 N–H and O–H groups in total. The zero-order valence-corrected chi connectivity index (χ0v) is 19.1. The van der Waals surface area contributed by atoms with Gasteiger partial charge in [-0.15, -0.1) is 0 Å². The average molecular weight is 471 g/mol. The van der Waals surface area contributed by atoms with Crippen molar-refractivity contribution >= 4 is 32.5 Å². The van der Waals surface area contributed by atoms with Crippen molar-refractivity contribution in [2.45, 2.75) is 31.3 Å². The van der Waals surface area contributed by atoms with Crippen molar-refractivity contribution in [2.75, 3.05) is 30.6 Å². The molecule has 33 heavy (non-hydrogen) atoms. The van der Waals surface area contributed by atoms with Crippen LogP contribution in [-0.4, -0.2) is 60.6 Å². The number of fused-ring (bicyclic) bond motifs is 2. The van der Waals surface area contributed by atoms with Gasteiger partial charge in [-0.05, 0) is 42.3 Å². The summed E-state index contributed by atoms with van der Waals surface area (Å²) in [4.78, 5) is 32.2. The first-order valence-electron chi connectivity index (χ1n) is 11.0. The van der Waals surface area contributed by atoms with Crippen LogP contribution in [0.25, 0.3) is 11.0 Å². The van der Waals surface area contributed by atoms with Gasteiger partial charge in [0.25, 0.3) is 0 Å². The van der Waals surface area contributed by atoms with E-state index in [2.05, 4.69) is 19.6 Å². The van der Waals surface area contributed by atoms with E-state index in [4.69, 9.17) is 4.74 Å². The third kappa shape index (κ3) is 4.67. The van der Waals surface area contributed by atoms with Crippen molar-refractivity contribution in [3.63, 3.8) is 0 Å². The number of rotatable bonds is 5. The van der Waals surface area contributed by atoms with E-state index in [0.29, 0.717) is 23.4 Å². The van der Waals surface area contributed by atoms with E-state index >= 15 is 0 Å². The number of carbonyl (C=O) groups excluding carboxylic acids is 1. The number of ether oxygens (including phenoxy) is 1. The molecule has 1 aromatic heterocycles. The van der Waals surface area contributed by atoms with Crippen LogP contribution in [0.5, 0.6) is 5.75 Å². The number of aromatic nitrogens is 2. The number of likely N-dealkylation sites (tertiary alicyclic amines) is 1. The third-order valence-electron chi connectivity index (χ3n) is 6.46. The van der Waals surface area contributed by atoms with Gasteiger partial charge in [0.05, 0.1) is 29.3 Å². The average Bonchev–Trinajstić information content (AvgIpc) is 3.12. The summed E-state index contributed by atoms with van der Waals surface area (Å²) < 4.78 is 31.7. The summed E-state index contributed by atoms with van der Waals surface area (Å²) in [5.41, 5.74) is 2.87. The van der Waals surface area contributed by atoms with Crippen molar-refractivity contribution < 1.29 is 17.9 Å². The van der Waals surface area contributed by atoms with Gasteiger partial charge in [-0.1, -0.05) is 6.07 Å². The normalized spacial score (nSPS) is 18.3. The molecule has 3 heterocycles. The minimum Gasteiger partial charge on any atom is -0.486 e. The smallest absolute Gasteiger partial charge is 0.323 e. The van der Waals surface area contributed by atoms with Crippen LogP contribution in [0.3, 0.4) is 0 Å². The molecule has 174 valence electrons. The molecular formula is C23H26N4O5S. The van der Waals surface area contributed by atoms with Crippen LogP contribution in [0, 0.1) is 0 Å². The molecule has 2 aliphatic rings. The maximum absolute atomic E-state index is 12.9. The molecule has 0 amide bonds. The van der Waals surface area contributed by atoms with Crippen LogP contribution in [0.15, 0.2) is 41.2 Å². The second-order valence-corrected chi connectivity index (χ2v) is 10.8. The zero-order valence-electron chi connectivity index (χ0n) is 18.3. The maximum atomic E-state index is 12.9. The number of Topliss-reactive ketones (excluding diaryl/α,β-unsaturated/α-hetero) is 1. The van der Waals surface area contributed by atoms with Gasteiger partial charge in [0, 0.05) is 38.2 Å². The second kappa shape index (κ2) is 8.03. The Balaban J connectivity index is 1.21. The first-order chi connectivity index (χ1) is 15.7. The Morgan fingerprint density at radius 3 is 2.58 bits per heavy atom. The Kier molecular flexibility index (Phi) is 5.29. The predicted octanol–water partition coefficient (Wildman–Crippen LogP) is 2.27. The number of nitrogens with one attached hydrogen (secondary N) is 3. The van der Waals surface area contributed by atoms with E-state index in [1.54, 1.807) is 18.2 Å². The largest absolute Gasteiger partial charge is 0.486 e. The lowest BCUT2D eigenvalue weighted by Gasteiger charge is -2.44. The Labute approximate surface area is 191 Å². The number of nitrogens with zero attached hydrogens (tertiary/aromatic N) is 1. The van der Waals surface area contributed by atoms with E-state index in [0.717, 1.165) is 61.7 Å². The van der Waals surface area contributed by atoms with Gasteiger partial charge in [-0.2, -0.15) is 0 Å². The fraction of sp³-hybridized carbons (Fsp3) is 0.391. The number of aromatic amines is 2. The number of sulfonamides is 1. The van der Waals surface area contributed by atoms with Crippen molar-refractivity contribution in [1.82, 2.24) is 14.9 Å². The SMILES string of the molecule is CS(=O)(=O)Nc1ccc2c(c1)C(=O)CC1(CCN(CCc3ccc4[nH]c(=O)[nH]c4c3)CC1)O2. The number of hydrogen-bond acceptors (Lipinski definition) is 6. The summed E-state index contributed by atoms with van der Waals surface area (Å²) in [5, 5.41) is 0. The minimum atomic E-state index is -3.41. The minimum absolute atomic E-state index is 0.0179. The fourth-order valence-corrected chi connectivity index (χ4v) is 5.31. The van der Waals surface area contributed by atoms with Gasteiger partial charge in [0.15, 0.2) is 5.78 Å². The summed E-state index contributed by atoms with van der Waals surface area (Å²) in [6.07, 6.45) is 3.76. The molecule has 5 rings (SSSR count). The van der Waals surface area contributed by atoms with Gasteiger partial charge < -0.3 is 19.6 Å². The van der Waals surface area contributed by atoms with Crippen LogP contribution in [0.1, 0.15) is 35.2 Å².